The summed E-state index contributed by atoms with van der Waals surface area (Å²) >= 11 is 0. The van der Waals surface area contributed by atoms with Gasteiger partial charge in [-0.2, -0.15) is 5.10 Å². The molecule has 6 heteroatoms. The number of aryl methyl sites for hydroxylation is 2. The van der Waals surface area contributed by atoms with Crippen LogP contribution in [0, 0.1) is 6.92 Å². The van der Waals surface area contributed by atoms with Gasteiger partial charge in [0.1, 0.15) is 11.4 Å². The van der Waals surface area contributed by atoms with E-state index in [0.717, 1.165) is 78.2 Å². The lowest BCUT2D eigenvalue weighted by molar-refractivity contribution is 0.268. The van der Waals surface area contributed by atoms with Crippen molar-refractivity contribution in [3.05, 3.63) is 60.0 Å². The fraction of sp³-hybridized carbons (Fsp3) is 0.370. The van der Waals surface area contributed by atoms with Crippen molar-refractivity contribution in [3.8, 4) is 28.3 Å². The van der Waals surface area contributed by atoms with Gasteiger partial charge in [0.05, 0.1) is 17.8 Å². The summed E-state index contributed by atoms with van der Waals surface area (Å²) in [6.07, 6.45) is 5.06. The Morgan fingerprint density at radius 2 is 2.06 bits per heavy atom. The van der Waals surface area contributed by atoms with Crippen molar-refractivity contribution in [2.75, 3.05) is 26.7 Å². The molecule has 1 aromatic carbocycles. The molecule has 0 bridgehead atoms. The third-order valence-corrected chi connectivity index (χ3v) is 6.45. The molecule has 4 heterocycles. The van der Waals surface area contributed by atoms with Gasteiger partial charge in [-0.1, -0.05) is 13.0 Å². The van der Waals surface area contributed by atoms with E-state index in [4.69, 9.17) is 14.8 Å². The summed E-state index contributed by atoms with van der Waals surface area (Å²) in [5.41, 5.74) is 7.47. The van der Waals surface area contributed by atoms with Crippen LogP contribution in [0.15, 0.2) is 48.7 Å². The van der Waals surface area contributed by atoms with Crippen LogP contribution >= 0.6 is 0 Å². The Labute approximate surface area is 195 Å². The second kappa shape index (κ2) is 9.32. The number of benzene rings is 1. The molecule has 0 aliphatic carbocycles. The zero-order valence-corrected chi connectivity index (χ0v) is 19.7. The normalized spacial score (nSPS) is 13.1. The first-order valence-electron chi connectivity index (χ1n) is 11.9. The van der Waals surface area contributed by atoms with E-state index in [9.17, 15) is 0 Å². The maximum Gasteiger partial charge on any atom is 0.121 e. The number of aromatic nitrogens is 4. The Morgan fingerprint density at radius 1 is 1.15 bits per heavy atom. The van der Waals surface area contributed by atoms with Crippen molar-refractivity contribution in [2.45, 2.75) is 39.7 Å². The molecule has 0 N–H and O–H groups in total. The van der Waals surface area contributed by atoms with E-state index >= 15 is 0 Å². The summed E-state index contributed by atoms with van der Waals surface area (Å²) in [4.78, 5) is 11.7. The molecule has 1 aliphatic heterocycles. The van der Waals surface area contributed by atoms with Crippen LogP contribution in [0.25, 0.3) is 33.4 Å². The predicted molar refractivity (Wildman–Crippen MR) is 133 cm³/mol. The summed E-state index contributed by atoms with van der Waals surface area (Å²) in [5, 5.41) is 6.10. The van der Waals surface area contributed by atoms with Gasteiger partial charge in [-0.15, -0.1) is 0 Å². The number of nitrogens with zero attached hydrogens (tertiary/aromatic N) is 5. The zero-order valence-electron chi connectivity index (χ0n) is 19.7. The average Bonchev–Trinajstić information content (AvgIpc) is 3.42. The minimum absolute atomic E-state index is 0.704. The third kappa shape index (κ3) is 4.35. The topological polar surface area (TPSA) is 56.1 Å². The monoisotopic (exact) mass is 441 g/mol. The molecule has 0 atom stereocenters. The molecular weight excluding hydrogens is 410 g/mol. The number of fused-ring (bicyclic) bond motifs is 2. The summed E-state index contributed by atoms with van der Waals surface area (Å²) < 4.78 is 8.19. The molecule has 3 aromatic heterocycles. The zero-order chi connectivity index (χ0) is 22.8. The van der Waals surface area contributed by atoms with Crippen molar-refractivity contribution in [1.82, 2.24) is 24.6 Å². The highest BCUT2D eigenvalue weighted by molar-refractivity contribution is 5.99. The van der Waals surface area contributed by atoms with Crippen LogP contribution in [0.2, 0.25) is 0 Å². The van der Waals surface area contributed by atoms with Crippen molar-refractivity contribution in [1.29, 1.82) is 0 Å². The highest BCUT2D eigenvalue weighted by Crippen LogP contribution is 2.40. The van der Waals surface area contributed by atoms with Crippen LogP contribution in [0.1, 0.15) is 31.2 Å². The standard InChI is InChI=1S/C27H31N5O/c1-4-31(3)15-7-17-33-20-11-12-21-22(13-14-28-24(21)18-20)26-25-10-6-16-32(25)30-27(26)23-9-5-8-19(2)29-23/h5,8-9,11-14,18H,4,6-7,10,15-17H2,1-3H3. The lowest BCUT2D eigenvalue weighted by Crippen LogP contribution is -2.20. The molecule has 4 aromatic rings. The largest absolute Gasteiger partial charge is 0.493 e. The molecular formula is C27H31N5O. The van der Waals surface area contributed by atoms with Crippen molar-refractivity contribution >= 4 is 10.9 Å². The molecule has 170 valence electrons. The van der Waals surface area contributed by atoms with Gasteiger partial charge < -0.3 is 9.64 Å². The third-order valence-electron chi connectivity index (χ3n) is 6.45. The first kappa shape index (κ1) is 21.6. The van der Waals surface area contributed by atoms with Crippen molar-refractivity contribution < 1.29 is 4.74 Å². The van der Waals surface area contributed by atoms with E-state index in [1.54, 1.807) is 0 Å². The molecule has 0 fully saturated rings. The smallest absolute Gasteiger partial charge is 0.121 e. The minimum atomic E-state index is 0.704. The Balaban J connectivity index is 1.51. The van der Waals surface area contributed by atoms with Gasteiger partial charge in [-0.3, -0.25) is 14.6 Å². The average molecular weight is 442 g/mol. The summed E-state index contributed by atoms with van der Waals surface area (Å²) in [6, 6.07) is 14.5. The second-order valence-electron chi connectivity index (χ2n) is 8.80. The molecule has 0 unspecified atom stereocenters. The number of hydrogen-bond donors (Lipinski definition) is 0. The summed E-state index contributed by atoms with van der Waals surface area (Å²) in [5.74, 6) is 0.868. The fourth-order valence-electron chi connectivity index (χ4n) is 4.59. The molecule has 0 saturated heterocycles. The molecule has 6 nitrogen and oxygen atoms in total. The molecule has 0 saturated carbocycles. The molecule has 1 aliphatic rings. The Hall–Kier alpha value is -3.25. The lowest BCUT2D eigenvalue weighted by atomic mass is 9.96. The Morgan fingerprint density at radius 3 is 2.91 bits per heavy atom. The van der Waals surface area contributed by atoms with Crippen LogP contribution in [-0.2, 0) is 13.0 Å². The van der Waals surface area contributed by atoms with E-state index in [1.807, 2.05) is 19.2 Å². The maximum absolute atomic E-state index is 6.03. The number of ether oxygens (including phenoxy) is 1. The quantitative estimate of drug-likeness (QED) is 0.355. The van der Waals surface area contributed by atoms with Gasteiger partial charge in [-0.05, 0) is 75.7 Å². The number of hydrogen-bond acceptors (Lipinski definition) is 5. The van der Waals surface area contributed by atoms with Gasteiger partial charge in [-0.25, -0.2) is 0 Å². The molecule has 33 heavy (non-hydrogen) atoms. The van der Waals surface area contributed by atoms with Crippen LogP contribution in [-0.4, -0.2) is 51.4 Å². The molecule has 0 spiro atoms. The minimum Gasteiger partial charge on any atom is -0.493 e. The summed E-state index contributed by atoms with van der Waals surface area (Å²) in [7, 11) is 2.13. The van der Waals surface area contributed by atoms with Crippen LogP contribution in [0.4, 0.5) is 0 Å². The number of rotatable bonds is 8. The molecule has 0 amide bonds. The van der Waals surface area contributed by atoms with Crippen molar-refractivity contribution in [3.63, 3.8) is 0 Å². The van der Waals surface area contributed by atoms with E-state index in [2.05, 4.69) is 64.9 Å². The summed E-state index contributed by atoms with van der Waals surface area (Å²) in [6.45, 7) is 7.95. The molecule has 0 radical (unpaired) electrons. The first-order chi connectivity index (χ1) is 16.1. The van der Waals surface area contributed by atoms with Gasteiger partial charge in [0.15, 0.2) is 0 Å². The second-order valence-corrected chi connectivity index (χ2v) is 8.80. The lowest BCUT2D eigenvalue weighted by Gasteiger charge is -2.14. The Bertz CT molecular complexity index is 1280. The van der Waals surface area contributed by atoms with E-state index in [-0.39, 0.29) is 0 Å². The van der Waals surface area contributed by atoms with Crippen molar-refractivity contribution in [2.24, 2.45) is 0 Å². The fourth-order valence-corrected chi connectivity index (χ4v) is 4.59. The highest BCUT2D eigenvalue weighted by Gasteiger charge is 2.25. The number of pyridine rings is 2. The molecule has 5 rings (SSSR count). The predicted octanol–water partition coefficient (Wildman–Crippen LogP) is 5.14. The highest BCUT2D eigenvalue weighted by atomic mass is 16.5. The first-order valence-corrected chi connectivity index (χ1v) is 11.9. The van der Waals surface area contributed by atoms with E-state index in [1.165, 1.54) is 11.3 Å². The van der Waals surface area contributed by atoms with Gasteiger partial charge in [0.25, 0.3) is 0 Å². The maximum atomic E-state index is 6.03. The van der Waals surface area contributed by atoms with Crippen LogP contribution in [0.3, 0.4) is 0 Å². The Kier molecular flexibility index (Phi) is 6.09. The van der Waals surface area contributed by atoms with Gasteiger partial charge >= 0.3 is 0 Å². The van der Waals surface area contributed by atoms with E-state index in [0.29, 0.717) is 6.61 Å². The van der Waals surface area contributed by atoms with Gasteiger partial charge in [0, 0.05) is 47.7 Å². The van der Waals surface area contributed by atoms with Crippen LogP contribution < -0.4 is 4.74 Å². The SMILES string of the molecule is CCN(C)CCCOc1ccc2c(-c3c(-c4cccc(C)n4)nn4c3CCC4)ccnc2c1. The van der Waals surface area contributed by atoms with E-state index < -0.39 is 0 Å². The van der Waals surface area contributed by atoms with Gasteiger partial charge in [0.2, 0.25) is 0 Å². The van der Waals surface area contributed by atoms with Crippen LogP contribution in [0.5, 0.6) is 5.75 Å².